The number of nitrogens with one attached hydrogen (secondary N) is 2. The van der Waals surface area contributed by atoms with Gasteiger partial charge in [0.15, 0.2) is 0 Å². The third-order valence-corrected chi connectivity index (χ3v) is 4.07. The van der Waals surface area contributed by atoms with Crippen LogP contribution in [0.2, 0.25) is 0 Å². The van der Waals surface area contributed by atoms with Crippen molar-refractivity contribution in [2.75, 3.05) is 39.5 Å². The summed E-state index contributed by atoms with van der Waals surface area (Å²) in [6.07, 6.45) is 3.27. The molecule has 0 fully saturated rings. The van der Waals surface area contributed by atoms with Gasteiger partial charge in [0.25, 0.3) is 11.8 Å². The number of ether oxygens (including phenoxy) is 2. The van der Waals surface area contributed by atoms with Crippen LogP contribution in [0.1, 0.15) is 26.7 Å². The van der Waals surface area contributed by atoms with Gasteiger partial charge in [-0.3, -0.25) is 24.1 Å². The monoisotopic (exact) mass is 411 g/mol. The molecule has 1 heterocycles. The number of imide groups is 1. The van der Waals surface area contributed by atoms with Crippen molar-refractivity contribution in [1.82, 2.24) is 15.5 Å². The summed E-state index contributed by atoms with van der Waals surface area (Å²) in [4.78, 5) is 57.9. The molecule has 1 aliphatic heterocycles. The van der Waals surface area contributed by atoms with Gasteiger partial charge in [-0.15, -0.1) is 0 Å². The Bertz CT molecular complexity index is 601. The summed E-state index contributed by atoms with van der Waals surface area (Å²) in [5.41, 5.74) is 0. The largest absolute Gasteiger partial charge is 0.379 e. The standard InChI is InChI=1S/C19H29N3O7/c1-14(2)15(13-23)21-17(25)6-9-28-11-12-29-10-7-20-16(24)5-8-22-18(26)3-4-19(22)27/h3-4,13-15H,5-12H2,1-2H3,(H,20,24)(H,21,25). The number of rotatable bonds is 15. The fourth-order valence-corrected chi connectivity index (χ4v) is 2.32. The molecule has 0 saturated carbocycles. The van der Waals surface area contributed by atoms with Crippen LogP contribution in [0.4, 0.5) is 0 Å². The molecule has 29 heavy (non-hydrogen) atoms. The first-order valence-electron chi connectivity index (χ1n) is 9.55. The summed E-state index contributed by atoms with van der Waals surface area (Å²) >= 11 is 0. The molecule has 0 saturated heterocycles. The molecule has 0 radical (unpaired) electrons. The van der Waals surface area contributed by atoms with Gasteiger partial charge >= 0.3 is 0 Å². The second kappa shape index (κ2) is 13.6. The van der Waals surface area contributed by atoms with E-state index in [2.05, 4.69) is 10.6 Å². The Morgan fingerprint density at radius 1 is 1.00 bits per heavy atom. The normalized spacial score (nSPS) is 14.4. The van der Waals surface area contributed by atoms with E-state index < -0.39 is 17.9 Å². The lowest BCUT2D eigenvalue weighted by molar-refractivity contribution is -0.137. The Morgan fingerprint density at radius 3 is 2.21 bits per heavy atom. The van der Waals surface area contributed by atoms with Gasteiger partial charge in [0.05, 0.1) is 32.5 Å². The van der Waals surface area contributed by atoms with Crippen molar-refractivity contribution in [3.05, 3.63) is 12.2 Å². The molecule has 1 unspecified atom stereocenters. The number of aldehydes is 1. The molecule has 10 nitrogen and oxygen atoms in total. The molecule has 10 heteroatoms. The van der Waals surface area contributed by atoms with Crippen molar-refractivity contribution in [2.45, 2.75) is 32.7 Å². The Balaban J connectivity index is 1.95. The van der Waals surface area contributed by atoms with Crippen molar-refractivity contribution >= 4 is 29.9 Å². The van der Waals surface area contributed by atoms with Gasteiger partial charge < -0.3 is 24.9 Å². The van der Waals surface area contributed by atoms with Crippen molar-refractivity contribution in [3.63, 3.8) is 0 Å². The van der Waals surface area contributed by atoms with Crippen LogP contribution in [0, 0.1) is 5.92 Å². The highest BCUT2D eigenvalue weighted by atomic mass is 16.5. The van der Waals surface area contributed by atoms with Gasteiger partial charge in [-0.2, -0.15) is 0 Å². The first kappa shape index (κ1) is 24.4. The van der Waals surface area contributed by atoms with E-state index in [1.807, 2.05) is 13.8 Å². The number of nitrogens with zero attached hydrogens (tertiary/aromatic N) is 1. The number of hydrogen-bond acceptors (Lipinski definition) is 7. The molecule has 0 bridgehead atoms. The zero-order chi connectivity index (χ0) is 21.6. The van der Waals surface area contributed by atoms with Crippen LogP contribution in [0.15, 0.2) is 12.2 Å². The first-order valence-corrected chi connectivity index (χ1v) is 9.55. The van der Waals surface area contributed by atoms with E-state index in [1.54, 1.807) is 0 Å². The van der Waals surface area contributed by atoms with E-state index >= 15 is 0 Å². The maximum Gasteiger partial charge on any atom is 0.253 e. The zero-order valence-corrected chi connectivity index (χ0v) is 16.8. The van der Waals surface area contributed by atoms with Crippen LogP contribution in [0.25, 0.3) is 0 Å². The van der Waals surface area contributed by atoms with E-state index in [9.17, 15) is 24.0 Å². The molecule has 0 aromatic heterocycles. The van der Waals surface area contributed by atoms with E-state index in [0.717, 1.165) is 11.2 Å². The van der Waals surface area contributed by atoms with Crippen LogP contribution >= 0.6 is 0 Å². The van der Waals surface area contributed by atoms with E-state index in [-0.39, 0.29) is 50.3 Å². The zero-order valence-electron chi connectivity index (χ0n) is 16.8. The SMILES string of the molecule is CC(C)C(C=O)NC(=O)CCOCCOCCNC(=O)CCN1C(=O)C=CC1=O. The summed E-state index contributed by atoms with van der Waals surface area (Å²) in [7, 11) is 0. The first-order chi connectivity index (χ1) is 13.8. The molecule has 0 spiro atoms. The molecular weight excluding hydrogens is 382 g/mol. The Morgan fingerprint density at radius 2 is 1.62 bits per heavy atom. The highest BCUT2D eigenvalue weighted by Gasteiger charge is 2.23. The highest BCUT2D eigenvalue weighted by Crippen LogP contribution is 2.03. The summed E-state index contributed by atoms with van der Waals surface area (Å²) in [5, 5.41) is 5.26. The summed E-state index contributed by atoms with van der Waals surface area (Å²) < 4.78 is 10.6. The molecule has 4 amide bonds. The minimum absolute atomic E-state index is 0.0338. The van der Waals surface area contributed by atoms with Crippen LogP contribution in [-0.2, 0) is 33.4 Å². The molecule has 0 aliphatic carbocycles. The smallest absolute Gasteiger partial charge is 0.253 e. The summed E-state index contributed by atoms with van der Waals surface area (Å²) in [5.74, 6) is -1.31. The minimum Gasteiger partial charge on any atom is -0.379 e. The molecule has 1 rings (SSSR count). The van der Waals surface area contributed by atoms with Crippen LogP contribution in [0.5, 0.6) is 0 Å². The molecule has 1 atom stereocenters. The highest BCUT2D eigenvalue weighted by molar-refractivity contribution is 6.13. The van der Waals surface area contributed by atoms with Gasteiger partial charge in [0.2, 0.25) is 11.8 Å². The number of hydrogen-bond donors (Lipinski definition) is 2. The second-order valence-electron chi connectivity index (χ2n) is 6.71. The Kier molecular flexibility index (Phi) is 11.4. The lowest BCUT2D eigenvalue weighted by Gasteiger charge is -2.16. The van der Waals surface area contributed by atoms with Crippen molar-refractivity contribution in [3.8, 4) is 0 Å². The molecule has 162 valence electrons. The van der Waals surface area contributed by atoms with Crippen LogP contribution in [-0.4, -0.2) is 80.4 Å². The quantitative estimate of drug-likeness (QED) is 0.204. The van der Waals surface area contributed by atoms with Crippen molar-refractivity contribution in [1.29, 1.82) is 0 Å². The average Bonchev–Trinajstić information content (AvgIpc) is 3.00. The van der Waals surface area contributed by atoms with Gasteiger partial charge in [-0.25, -0.2) is 0 Å². The molecule has 1 aliphatic rings. The molecule has 0 aromatic carbocycles. The van der Waals surface area contributed by atoms with E-state index in [1.165, 1.54) is 12.2 Å². The van der Waals surface area contributed by atoms with Crippen molar-refractivity contribution in [2.24, 2.45) is 5.92 Å². The predicted octanol–water partition coefficient (Wildman–Crippen LogP) is -0.819. The van der Waals surface area contributed by atoms with Crippen LogP contribution in [0.3, 0.4) is 0 Å². The third kappa shape index (κ3) is 9.95. The van der Waals surface area contributed by atoms with Gasteiger partial charge in [-0.1, -0.05) is 13.8 Å². The van der Waals surface area contributed by atoms with Gasteiger partial charge in [0.1, 0.15) is 6.29 Å². The third-order valence-electron chi connectivity index (χ3n) is 4.07. The number of carbonyl (C=O) groups excluding carboxylic acids is 5. The minimum atomic E-state index is -0.492. The maximum absolute atomic E-state index is 11.7. The lowest BCUT2D eigenvalue weighted by atomic mass is 10.1. The second-order valence-corrected chi connectivity index (χ2v) is 6.71. The van der Waals surface area contributed by atoms with Crippen LogP contribution < -0.4 is 10.6 Å². The lowest BCUT2D eigenvalue weighted by Crippen LogP contribution is -2.40. The Labute approximate surface area is 170 Å². The number of carbonyl (C=O) groups is 5. The Hall–Kier alpha value is -2.59. The average molecular weight is 411 g/mol. The fourth-order valence-electron chi connectivity index (χ4n) is 2.32. The summed E-state index contributed by atoms with van der Waals surface area (Å²) in [6, 6.07) is -0.492. The predicted molar refractivity (Wildman–Crippen MR) is 103 cm³/mol. The van der Waals surface area contributed by atoms with Gasteiger partial charge in [0, 0.05) is 38.1 Å². The van der Waals surface area contributed by atoms with Crippen molar-refractivity contribution < 1.29 is 33.4 Å². The summed E-state index contributed by atoms with van der Waals surface area (Å²) in [6.45, 7) is 5.16. The number of amides is 4. The van der Waals surface area contributed by atoms with Gasteiger partial charge in [-0.05, 0) is 5.92 Å². The van der Waals surface area contributed by atoms with E-state index in [4.69, 9.17) is 9.47 Å². The topological polar surface area (TPSA) is 131 Å². The fraction of sp³-hybridized carbons (Fsp3) is 0.632. The molecular formula is C19H29N3O7. The maximum atomic E-state index is 11.7. The van der Waals surface area contributed by atoms with E-state index in [0.29, 0.717) is 19.8 Å². The molecule has 0 aromatic rings. The molecule has 2 N–H and O–H groups in total.